The number of hydrogen-bond acceptors (Lipinski definition) is 4. The van der Waals surface area contributed by atoms with Crippen LogP contribution in [-0.2, 0) is 0 Å². The first-order chi connectivity index (χ1) is 27.7. The predicted octanol–water partition coefficient (Wildman–Crippen LogP) is 15.7. The van der Waals surface area contributed by atoms with Crippen LogP contribution >= 0.6 is 11.3 Å². The molecule has 0 amide bonds. The third-order valence-electron chi connectivity index (χ3n) is 11.3. The number of fused-ring (bicyclic) bond motifs is 8. The fourth-order valence-electron chi connectivity index (χ4n) is 8.65. The van der Waals surface area contributed by atoms with Crippen molar-refractivity contribution >= 4 is 81.3 Å². The van der Waals surface area contributed by atoms with Gasteiger partial charge in [0.2, 0.25) is 0 Å². The van der Waals surface area contributed by atoms with Crippen LogP contribution in [0.4, 0.5) is 17.1 Å². The molecule has 11 aromatic rings. The second kappa shape index (κ2) is 12.2. The maximum Gasteiger partial charge on any atom is 0.159 e. The minimum atomic E-state index is 0.852. The topological polar surface area (TPSA) is 25.6 Å². The Hall–Kier alpha value is -7.14. The largest absolute Gasteiger partial charge is 0.456 e. The molecule has 1 aliphatic heterocycles. The van der Waals surface area contributed by atoms with Gasteiger partial charge in [0.1, 0.15) is 17.1 Å². The summed E-state index contributed by atoms with van der Waals surface area (Å²) >= 11 is 1.83. The van der Waals surface area contributed by atoms with E-state index in [4.69, 9.17) is 9.15 Å². The standard InChI is InChI=1S/C52H31NO2S/c1-2-10-32(11-3-1)33-20-22-34(23-21-33)35-24-26-38-41-14-8-16-43-44(28-29-47(51(41)43)54-48(38)30-35)53(36-25-27-40-39-13-5-7-19-49(39)56-50(40)31-36)45-17-9-15-42-37-12-4-6-18-46(37)55-52(42)45/h1-31H. The van der Waals surface area contributed by atoms with Gasteiger partial charge in [-0.3, -0.25) is 0 Å². The van der Waals surface area contributed by atoms with E-state index in [1.165, 1.54) is 31.3 Å². The number of benzene rings is 9. The normalized spacial score (nSPS) is 12.1. The molecule has 0 atom stereocenters. The van der Waals surface area contributed by atoms with Crippen molar-refractivity contribution < 1.29 is 9.15 Å². The van der Waals surface area contributed by atoms with Crippen molar-refractivity contribution in [2.45, 2.75) is 0 Å². The maximum atomic E-state index is 6.82. The fraction of sp³-hybridized carbons (Fsp3) is 0. The van der Waals surface area contributed by atoms with Gasteiger partial charge in [0, 0.05) is 53.0 Å². The molecule has 4 heteroatoms. The van der Waals surface area contributed by atoms with E-state index in [-0.39, 0.29) is 0 Å². The summed E-state index contributed by atoms with van der Waals surface area (Å²) in [7, 11) is 0. The van der Waals surface area contributed by atoms with Crippen LogP contribution in [-0.4, -0.2) is 0 Å². The van der Waals surface area contributed by atoms with Crippen molar-refractivity contribution in [3.05, 3.63) is 188 Å². The summed E-state index contributed by atoms with van der Waals surface area (Å²) in [5.74, 6) is 1.71. The number of anilines is 3. The van der Waals surface area contributed by atoms with Gasteiger partial charge in [-0.05, 0) is 82.4 Å². The lowest BCUT2D eigenvalue weighted by Crippen LogP contribution is -2.11. The first-order valence-corrected chi connectivity index (χ1v) is 19.7. The number of rotatable bonds is 5. The first kappa shape index (κ1) is 31.2. The maximum absolute atomic E-state index is 6.82. The first-order valence-electron chi connectivity index (χ1n) is 18.9. The average Bonchev–Trinajstić information content (AvgIpc) is 3.83. The summed E-state index contributed by atoms with van der Waals surface area (Å²) in [6.45, 7) is 0. The highest BCUT2D eigenvalue weighted by Gasteiger charge is 2.26. The average molecular weight is 734 g/mol. The van der Waals surface area contributed by atoms with E-state index in [1.807, 2.05) is 17.4 Å². The number of thiophene rings is 1. The van der Waals surface area contributed by atoms with E-state index in [0.29, 0.717) is 0 Å². The molecule has 0 saturated heterocycles. The zero-order valence-electron chi connectivity index (χ0n) is 30.1. The van der Waals surface area contributed by atoms with E-state index in [1.54, 1.807) is 0 Å². The highest BCUT2D eigenvalue weighted by molar-refractivity contribution is 7.25. The van der Waals surface area contributed by atoms with E-state index in [2.05, 4.69) is 187 Å². The molecule has 0 N–H and O–H groups in total. The van der Waals surface area contributed by atoms with E-state index < -0.39 is 0 Å². The van der Waals surface area contributed by atoms with Gasteiger partial charge in [0.25, 0.3) is 0 Å². The van der Waals surface area contributed by atoms with Gasteiger partial charge in [0.15, 0.2) is 5.58 Å². The molecule has 0 aliphatic carbocycles. The van der Waals surface area contributed by atoms with Crippen molar-refractivity contribution in [2.24, 2.45) is 0 Å². The van der Waals surface area contributed by atoms with Crippen LogP contribution in [0.3, 0.4) is 0 Å². The van der Waals surface area contributed by atoms with Gasteiger partial charge in [-0.25, -0.2) is 0 Å². The van der Waals surface area contributed by atoms with Crippen LogP contribution in [0.1, 0.15) is 0 Å². The number of para-hydroxylation sites is 2. The lowest BCUT2D eigenvalue weighted by atomic mass is 9.91. The van der Waals surface area contributed by atoms with Gasteiger partial charge in [-0.1, -0.05) is 133 Å². The molecule has 1 aliphatic rings. The van der Waals surface area contributed by atoms with Crippen molar-refractivity contribution in [3.63, 3.8) is 0 Å². The fourth-order valence-corrected chi connectivity index (χ4v) is 9.79. The van der Waals surface area contributed by atoms with Crippen LogP contribution in [0.15, 0.2) is 192 Å². The van der Waals surface area contributed by atoms with E-state index in [9.17, 15) is 0 Å². The summed E-state index contributed by atoms with van der Waals surface area (Å²) in [5, 5.41) is 6.96. The Kier molecular flexibility index (Phi) is 6.80. The quantitative estimate of drug-likeness (QED) is 0.176. The lowest BCUT2D eigenvalue weighted by molar-refractivity contribution is 0.487. The van der Waals surface area contributed by atoms with Gasteiger partial charge in [-0.2, -0.15) is 0 Å². The van der Waals surface area contributed by atoms with Crippen LogP contribution < -0.4 is 9.64 Å². The molecular formula is C52H31NO2S. The molecule has 0 unspecified atom stereocenters. The molecule has 0 bridgehead atoms. The third kappa shape index (κ3) is 4.76. The molecule has 56 heavy (non-hydrogen) atoms. The van der Waals surface area contributed by atoms with E-state index >= 15 is 0 Å². The summed E-state index contributed by atoms with van der Waals surface area (Å²) in [6, 6.07) is 67.1. The summed E-state index contributed by atoms with van der Waals surface area (Å²) < 4.78 is 16.0. The zero-order chi connectivity index (χ0) is 36.7. The SMILES string of the molecule is c1ccc(-c2ccc(-c3ccc4c(c3)Oc3ccc(N(c5ccc6c(c5)sc5ccccc56)c5cccc6c5oc5ccccc56)c5cccc-4c35)cc2)cc1. The Balaban J connectivity index is 1.03. The number of furan rings is 1. The van der Waals surface area contributed by atoms with Gasteiger partial charge >= 0.3 is 0 Å². The van der Waals surface area contributed by atoms with Gasteiger partial charge < -0.3 is 14.1 Å². The second-order valence-corrected chi connectivity index (χ2v) is 15.5. The molecule has 0 spiro atoms. The molecular weight excluding hydrogens is 703 g/mol. The summed E-state index contributed by atoms with van der Waals surface area (Å²) in [4.78, 5) is 2.37. The number of ether oxygens (including phenoxy) is 1. The highest BCUT2D eigenvalue weighted by Crippen LogP contribution is 2.52. The predicted molar refractivity (Wildman–Crippen MR) is 235 cm³/mol. The monoisotopic (exact) mass is 733 g/mol. The second-order valence-electron chi connectivity index (χ2n) is 14.4. The van der Waals surface area contributed by atoms with Crippen molar-refractivity contribution in [2.75, 3.05) is 4.90 Å². The number of nitrogens with zero attached hydrogens (tertiary/aromatic N) is 1. The molecule has 3 nitrogen and oxygen atoms in total. The Morgan fingerprint density at radius 2 is 1.09 bits per heavy atom. The molecule has 2 aromatic heterocycles. The van der Waals surface area contributed by atoms with Crippen molar-refractivity contribution in [1.29, 1.82) is 0 Å². The Morgan fingerprint density at radius 1 is 0.393 bits per heavy atom. The van der Waals surface area contributed by atoms with Gasteiger partial charge in [0.05, 0.1) is 11.4 Å². The van der Waals surface area contributed by atoms with Gasteiger partial charge in [-0.15, -0.1) is 11.3 Å². The Morgan fingerprint density at radius 3 is 1.98 bits per heavy atom. The molecule has 0 fully saturated rings. The molecule has 3 heterocycles. The molecule has 12 rings (SSSR count). The Labute approximate surface area is 326 Å². The van der Waals surface area contributed by atoms with Crippen molar-refractivity contribution in [1.82, 2.24) is 0 Å². The minimum Gasteiger partial charge on any atom is -0.456 e. The molecule has 0 radical (unpaired) electrons. The Bertz CT molecular complexity index is 3340. The van der Waals surface area contributed by atoms with Crippen LogP contribution in [0.5, 0.6) is 11.5 Å². The van der Waals surface area contributed by atoms with E-state index in [0.717, 1.165) is 83.5 Å². The highest BCUT2D eigenvalue weighted by atomic mass is 32.1. The lowest BCUT2D eigenvalue weighted by Gasteiger charge is -2.29. The minimum absolute atomic E-state index is 0.852. The number of hydrogen-bond donors (Lipinski definition) is 0. The van der Waals surface area contributed by atoms with Crippen LogP contribution in [0.2, 0.25) is 0 Å². The van der Waals surface area contributed by atoms with Crippen LogP contribution in [0.25, 0.3) is 86.3 Å². The summed E-state index contributed by atoms with van der Waals surface area (Å²) in [5.41, 5.74) is 11.8. The van der Waals surface area contributed by atoms with Crippen LogP contribution in [0, 0.1) is 0 Å². The van der Waals surface area contributed by atoms with Crippen molar-refractivity contribution in [3.8, 4) is 44.9 Å². The third-order valence-corrected chi connectivity index (χ3v) is 12.4. The molecule has 9 aromatic carbocycles. The zero-order valence-corrected chi connectivity index (χ0v) is 30.9. The molecule has 0 saturated carbocycles. The summed E-state index contributed by atoms with van der Waals surface area (Å²) in [6.07, 6.45) is 0. The smallest absolute Gasteiger partial charge is 0.159 e. The molecule has 262 valence electrons.